The van der Waals surface area contributed by atoms with Crippen LogP contribution in [0, 0.1) is 0 Å². The maximum absolute atomic E-state index is 12.0. The van der Waals surface area contributed by atoms with Gasteiger partial charge in [-0.05, 0) is 25.3 Å². The van der Waals surface area contributed by atoms with Crippen molar-refractivity contribution in [3.05, 3.63) is 22.4 Å². The van der Waals surface area contributed by atoms with Crippen molar-refractivity contribution in [3.8, 4) is 0 Å². The van der Waals surface area contributed by atoms with Gasteiger partial charge in [-0.1, -0.05) is 6.07 Å². The minimum absolute atomic E-state index is 0. The quantitative estimate of drug-likeness (QED) is 0.915. The van der Waals surface area contributed by atoms with E-state index >= 15 is 0 Å². The second-order valence-electron chi connectivity index (χ2n) is 5.37. The summed E-state index contributed by atoms with van der Waals surface area (Å²) < 4.78 is 0. The maximum Gasteiger partial charge on any atom is 0.242 e. The predicted molar refractivity (Wildman–Crippen MR) is 88.9 cm³/mol. The Morgan fingerprint density at radius 3 is 2.35 bits per heavy atom. The number of hydrogen-bond donors (Lipinski definition) is 1. The molecule has 0 unspecified atom stereocenters. The van der Waals surface area contributed by atoms with Crippen LogP contribution in [-0.2, 0) is 11.3 Å². The highest BCUT2D eigenvalue weighted by Gasteiger charge is 2.30. The lowest BCUT2D eigenvalue weighted by Gasteiger charge is -2.37. The van der Waals surface area contributed by atoms with Crippen molar-refractivity contribution >= 4 is 42.1 Å². The third-order valence-corrected chi connectivity index (χ3v) is 4.03. The van der Waals surface area contributed by atoms with Crippen LogP contribution in [0.3, 0.4) is 0 Å². The van der Waals surface area contributed by atoms with Gasteiger partial charge in [-0.25, -0.2) is 0 Å². The van der Waals surface area contributed by atoms with Gasteiger partial charge < -0.3 is 10.6 Å². The van der Waals surface area contributed by atoms with Gasteiger partial charge in [0, 0.05) is 37.6 Å². The molecule has 2 N–H and O–H groups in total. The summed E-state index contributed by atoms with van der Waals surface area (Å²) in [6.07, 6.45) is 0. The molecule has 7 heteroatoms. The molecule has 1 saturated heterocycles. The average molecular weight is 340 g/mol. The summed E-state index contributed by atoms with van der Waals surface area (Å²) >= 11 is 1.79. The molecule has 0 radical (unpaired) electrons. The van der Waals surface area contributed by atoms with Gasteiger partial charge in [-0.3, -0.25) is 9.69 Å². The monoisotopic (exact) mass is 339 g/mol. The van der Waals surface area contributed by atoms with Crippen LogP contribution in [0.5, 0.6) is 0 Å². The Morgan fingerprint density at radius 1 is 1.30 bits per heavy atom. The summed E-state index contributed by atoms with van der Waals surface area (Å²) in [7, 11) is 0. The Labute approximate surface area is 137 Å². The molecule has 4 nitrogen and oxygen atoms in total. The molecule has 0 bridgehead atoms. The second kappa shape index (κ2) is 8.20. The van der Waals surface area contributed by atoms with Gasteiger partial charge in [0.1, 0.15) is 0 Å². The molecule has 1 aliphatic rings. The lowest BCUT2D eigenvalue weighted by molar-refractivity contribution is -0.137. The smallest absolute Gasteiger partial charge is 0.242 e. The largest absolute Gasteiger partial charge is 0.339 e. The van der Waals surface area contributed by atoms with Crippen molar-refractivity contribution in [1.29, 1.82) is 0 Å². The summed E-state index contributed by atoms with van der Waals surface area (Å²) in [6, 6.07) is 4.24. The highest BCUT2D eigenvalue weighted by atomic mass is 35.5. The number of carbonyl (C=O) groups excluding carboxylic acids is 1. The second-order valence-corrected chi connectivity index (χ2v) is 6.40. The molecule has 1 aromatic rings. The molecule has 116 valence electrons. The van der Waals surface area contributed by atoms with Crippen molar-refractivity contribution in [3.63, 3.8) is 0 Å². The highest BCUT2D eigenvalue weighted by Crippen LogP contribution is 2.14. The van der Waals surface area contributed by atoms with Gasteiger partial charge in [0.15, 0.2) is 0 Å². The van der Waals surface area contributed by atoms with E-state index in [-0.39, 0.29) is 30.7 Å². The van der Waals surface area contributed by atoms with E-state index in [1.807, 2.05) is 4.90 Å². The first-order valence-electron chi connectivity index (χ1n) is 6.30. The number of halogens is 2. The molecule has 1 fully saturated rings. The summed E-state index contributed by atoms with van der Waals surface area (Å²) in [5.74, 6) is 0.0540. The van der Waals surface area contributed by atoms with Crippen molar-refractivity contribution in [2.24, 2.45) is 5.73 Å². The number of carbonyl (C=O) groups is 1. The fourth-order valence-electron chi connectivity index (χ4n) is 2.14. The minimum Gasteiger partial charge on any atom is -0.339 e. The maximum atomic E-state index is 12.0. The average Bonchev–Trinajstić information content (AvgIpc) is 2.81. The Hall–Kier alpha value is -0.330. The summed E-state index contributed by atoms with van der Waals surface area (Å²) in [6.45, 7) is 7.96. The zero-order chi connectivity index (χ0) is 13.2. The van der Waals surface area contributed by atoms with Gasteiger partial charge in [0.05, 0.1) is 5.54 Å². The zero-order valence-corrected chi connectivity index (χ0v) is 14.3. The van der Waals surface area contributed by atoms with Crippen LogP contribution in [0.1, 0.15) is 18.7 Å². The molecular formula is C13H23Cl2N3OS. The topological polar surface area (TPSA) is 49.6 Å². The molecule has 1 aromatic heterocycles. The van der Waals surface area contributed by atoms with Crippen LogP contribution in [0.4, 0.5) is 0 Å². The molecule has 2 heterocycles. The molecule has 20 heavy (non-hydrogen) atoms. The van der Waals surface area contributed by atoms with Crippen molar-refractivity contribution < 1.29 is 4.79 Å². The van der Waals surface area contributed by atoms with Crippen molar-refractivity contribution in [2.45, 2.75) is 25.9 Å². The first kappa shape index (κ1) is 19.7. The first-order chi connectivity index (χ1) is 8.47. The molecule has 2 rings (SSSR count). The Morgan fingerprint density at radius 2 is 1.90 bits per heavy atom. The first-order valence-corrected chi connectivity index (χ1v) is 7.18. The van der Waals surface area contributed by atoms with Crippen LogP contribution in [0.2, 0.25) is 0 Å². The Kier molecular flexibility index (Phi) is 8.06. The predicted octanol–water partition coefficient (Wildman–Crippen LogP) is 1.97. The molecule has 0 atom stereocenters. The van der Waals surface area contributed by atoms with Crippen LogP contribution in [0.25, 0.3) is 0 Å². The molecule has 1 aliphatic heterocycles. The number of hydrogen-bond acceptors (Lipinski definition) is 4. The molecule has 1 amide bonds. The Balaban J connectivity index is 0.00000180. The molecule has 0 aliphatic carbocycles. The van der Waals surface area contributed by atoms with E-state index in [1.54, 1.807) is 25.2 Å². The van der Waals surface area contributed by atoms with E-state index in [4.69, 9.17) is 5.73 Å². The lowest BCUT2D eigenvalue weighted by Crippen LogP contribution is -2.56. The normalized spacial score (nSPS) is 16.2. The minimum atomic E-state index is -0.754. The number of amides is 1. The van der Waals surface area contributed by atoms with Crippen LogP contribution >= 0.6 is 36.2 Å². The standard InChI is InChI=1S/C13H21N3OS.2ClH/c1-13(2,14)12(17)16-7-5-15(6-8-16)10-11-4-3-9-18-11;;/h3-4,9H,5-8,10,14H2,1-2H3;2*1H. The summed E-state index contributed by atoms with van der Waals surface area (Å²) in [4.78, 5) is 17.7. The molecule has 0 spiro atoms. The number of piperazine rings is 1. The third kappa shape index (κ3) is 5.22. The van der Waals surface area contributed by atoms with E-state index in [0.29, 0.717) is 0 Å². The van der Waals surface area contributed by atoms with Crippen LogP contribution in [0.15, 0.2) is 17.5 Å². The van der Waals surface area contributed by atoms with Gasteiger partial charge in [-0.2, -0.15) is 0 Å². The fraction of sp³-hybridized carbons (Fsp3) is 0.615. The fourth-order valence-corrected chi connectivity index (χ4v) is 2.89. The summed E-state index contributed by atoms with van der Waals surface area (Å²) in [5.41, 5.74) is 5.10. The van der Waals surface area contributed by atoms with E-state index in [2.05, 4.69) is 22.4 Å². The van der Waals surface area contributed by atoms with Crippen LogP contribution in [-0.4, -0.2) is 47.4 Å². The molecular weight excluding hydrogens is 317 g/mol. The number of rotatable bonds is 3. The third-order valence-electron chi connectivity index (χ3n) is 3.17. The molecule has 0 saturated carbocycles. The zero-order valence-electron chi connectivity index (χ0n) is 11.9. The lowest BCUT2D eigenvalue weighted by atomic mass is 10.0. The van der Waals surface area contributed by atoms with E-state index in [1.165, 1.54) is 4.88 Å². The van der Waals surface area contributed by atoms with Gasteiger partial charge in [-0.15, -0.1) is 36.2 Å². The van der Waals surface area contributed by atoms with E-state index in [9.17, 15) is 4.79 Å². The van der Waals surface area contributed by atoms with Gasteiger partial charge in [0.25, 0.3) is 0 Å². The van der Waals surface area contributed by atoms with Gasteiger partial charge >= 0.3 is 0 Å². The van der Waals surface area contributed by atoms with E-state index in [0.717, 1.165) is 32.7 Å². The summed E-state index contributed by atoms with van der Waals surface area (Å²) in [5, 5.41) is 2.10. The number of thiophene rings is 1. The van der Waals surface area contributed by atoms with Crippen LogP contribution < -0.4 is 5.73 Å². The van der Waals surface area contributed by atoms with Gasteiger partial charge in [0.2, 0.25) is 5.91 Å². The highest BCUT2D eigenvalue weighted by molar-refractivity contribution is 7.09. The van der Waals surface area contributed by atoms with Crippen molar-refractivity contribution in [2.75, 3.05) is 26.2 Å². The SMILES string of the molecule is CC(C)(N)C(=O)N1CCN(Cc2cccs2)CC1.Cl.Cl. The van der Waals surface area contributed by atoms with E-state index < -0.39 is 5.54 Å². The number of nitrogens with two attached hydrogens (primary N) is 1. The van der Waals surface area contributed by atoms with Crippen molar-refractivity contribution in [1.82, 2.24) is 9.80 Å². The molecule has 0 aromatic carbocycles. The number of nitrogens with zero attached hydrogens (tertiary/aromatic N) is 2. The Bertz CT molecular complexity index is 398.